The minimum absolute atomic E-state index is 0.150. The quantitative estimate of drug-likeness (QED) is 0.890. The maximum Gasteiger partial charge on any atom is 0.264 e. The summed E-state index contributed by atoms with van der Waals surface area (Å²) in [4.78, 5) is 17.1. The Kier molecular flexibility index (Phi) is 4.90. The summed E-state index contributed by atoms with van der Waals surface area (Å²) >= 11 is 1.68. The summed E-state index contributed by atoms with van der Waals surface area (Å²) in [5.41, 5.74) is 8.18. The van der Waals surface area contributed by atoms with E-state index in [2.05, 4.69) is 18.2 Å². The van der Waals surface area contributed by atoms with Gasteiger partial charge in [0.2, 0.25) is 0 Å². The summed E-state index contributed by atoms with van der Waals surface area (Å²) < 4.78 is 0. The average molecular weight is 314 g/mol. The van der Waals surface area contributed by atoms with Crippen LogP contribution in [-0.2, 0) is 19.4 Å². The summed E-state index contributed by atoms with van der Waals surface area (Å²) in [6.45, 7) is 1.98. The van der Waals surface area contributed by atoms with Crippen molar-refractivity contribution >= 4 is 17.2 Å². The largest absolute Gasteiger partial charge is 0.334 e. The predicted octanol–water partition coefficient (Wildman–Crippen LogP) is 3.23. The van der Waals surface area contributed by atoms with Crippen molar-refractivity contribution in [1.29, 1.82) is 0 Å². The maximum absolute atomic E-state index is 12.9. The van der Waals surface area contributed by atoms with Crippen molar-refractivity contribution < 1.29 is 4.79 Å². The lowest BCUT2D eigenvalue weighted by Crippen LogP contribution is -2.32. The molecule has 116 valence electrons. The van der Waals surface area contributed by atoms with Crippen LogP contribution in [0.2, 0.25) is 0 Å². The van der Waals surface area contributed by atoms with E-state index in [9.17, 15) is 4.79 Å². The van der Waals surface area contributed by atoms with Gasteiger partial charge in [0.25, 0.3) is 5.91 Å². The number of nitrogens with two attached hydrogens (primary N) is 1. The molecule has 1 aromatic carbocycles. The van der Waals surface area contributed by atoms with Crippen molar-refractivity contribution in [2.75, 3.05) is 13.1 Å². The van der Waals surface area contributed by atoms with Crippen LogP contribution in [0.5, 0.6) is 0 Å². The summed E-state index contributed by atoms with van der Waals surface area (Å²) in [5.74, 6) is 0.150. The summed E-state index contributed by atoms with van der Waals surface area (Å²) in [7, 11) is 0. The molecule has 0 aliphatic heterocycles. The Morgan fingerprint density at radius 2 is 2.05 bits per heavy atom. The number of hydrogen-bond acceptors (Lipinski definition) is 3. The molecule has 22 heavy (non-hydrogen) atoms. The van der Waals surface area contributed by atoms with Gasteiger partial charge in [-0.05, 0) is 49.4 Å². The van der Waals surface area contributed by atoms with E-state index in [0.29, 0.717) is 19.6 Å². The zero-order valence-corrected chi connectivity index (χ0v) is 13.6. The Hall–Kier alpha value is -1.65. The molecule has 1 heterocycles. The predicted molar refractivity (Wildman–Crippen MR) is 91.2 cm³/mol. The van der Waals surface area contributed by atoms with Gasteiger partial charge >= 0.3 is 0 Å². The SMILES string of the molecule is NCCCN(Cc1ccccc1)C(=O)c1cc2c(s1)CCC2. The Balaban J connectivity index is 1.76. The van der Waals surface area contributed by atoms with Crippen molar-refractivity contribution in [3.63, 3.8) is 0 Å². The third kappa shape index (κ3) is 3.39. The van der Waals surface area contributed by atoms with Gasteiger partial charge in [-0.15, -0.1) is 11.3 Å². The Morgan fingerprint density at radius 3 is 2.77 bits per heavy atom. The van der Waals surface area contributed by atoms with Gasteiger partial charge in [0.05, 0.1) is 4.88 Å². The van der Waals surface area contributed by atoms with E-state index in [-0.39, 0.29) is 5.91 Å². The molecule has 0 saturated carbocycles. The van der Waals surface area contributed by atoms with Crippen molar-refractivity contribution in [3.05, 3.63) is 57.3 Å². The average Bonchev–Trinajstić information content (AvgIpc) is 3.13. The van der Waals surface area contributed by atoms with E-state index in [0.717, 1.165) is 29.7 Å². The Labute approximate surface area is 135 Å². The van der Waals surface area contributed by atoms with Crippen molar-refractivity contribution in [3.8, 4) is 0 Å². The fourth-order valence-electron chi connectivity index (χ4n) is 2.93. The van der Waals surface area contributed by atoms with Gasteiger partial charge in [-0.25, -0.2) is 0 Å². The number of aryl methyl sites for hydroxylation is 2. The van der Waals surface area contributed by atoms with E-state index in [1.54, 1.807) is 11.3 Å². The number of rotatable bonds is 6. The second kappa shape index (κ2) is 7.07. The van der Waals surface area contributed by atoms with E-state index in [4.69, 9.17) is 5.73 Å². The second-order valence-corrected chi connectivity index (χ2v) is 6.90. The number of carbonyl (C=O) groups excluding carboxylic acids is 1. The summed E-state index contributed by atoms with van der Waals surface area (Å²) in [5, 5.41) is 0. The molecule has 0 spiro atoms. The van der Waals surface area contributed by atoms with Gasteiger partial charge in [0, 0.05) is 18.0 Å². The van der Waals surface area contributed by atoms with Gasteiger partial charge in [0.15, 0.2) is 0 Å². The normalized spacial score (nSPS) is 13.1. The molecular weight excluding hydrogens is 292 g/mol. The summed E-state index contributed by atoms with van der Waals surface area (Å²) in [6.07, 6.45) is 4.33. The Morgan fingerprint density at radius 1 is 1.23 bits per heavy atom. The molecule has 3 rings (SSSR count). The molecule has 0 bridgehead atoms. The second-order valence-electron chi connectivity index (χ2n) is 5.77. The van der Waals surface area contributed by atoms with Crippen molar-refractivity contribution in [2.24, 2.45) is 5.73 Å². The molecule has 0 unspecified atom stereocenters. The molecule has 1 aromatic heterocycles. The molecule has 2 N–H and O–H groups in total. The first kappa shape index (κ1) is 15.3. The minimum atomic E-state index is 0.150. The fourth-order valence-corrected chi connectivity index (χ4v) is 4.15. The van der Waals surface area contributed by atoms with Gasteiger partial charge in [-0.3, -0.25) is 4.79 Å². The highest BCUT2D eigenvalue weighted by atomic mass is 32.1. The van der Waals surface area contributed by atoms with Crippen LogP contribution in [0.4, 0.5) is 0 Å². The summed E-state index contributed by atoms with van der Waals surface area (Å²) in [6, 6.07) is 12.3. The lowest BCUT2D eigenvalue weighted by Gasteiger charge is -2.22. The first-order chi connectivity index (χ1) is 10.8. The smallest absolute Gasteiger partial charge is 0.264 e. The molecule has 1 amide bonds. The van der Waals surface area contributed by atoms with Crippen LogP contribution in [0.25, 0.3) is 0 Å². The number of thiophene rings is 1. The van der Waals surface area contributed by atoms with Crippen LogP contribution in [0.1, 0.15) is 38.5 Å². The van der Waals surface area contributed by atoms with Crippen LogP contribution in [0.3, 0.4) is 0 Å². The fraction of sp³-hybridized carbons (Fsp3) is 0.389. The highest BCUT2D eigenvalue weighted by Crippen LogP contribution is 2.31. The third-order valence-corrected chi connectivity index (χ3v) is 5.32. The molecule has 0 radical (unpaired) electrons. The van der Waals surface area contributed by atoms with Crippen LogP contribution >= 0.6 is 11.3 Å². The van der Waals surface area contributed by atoms with Crippen LogP contribution in [0, 0.1) is 0 Å². The van der Waals surface area contributed by atoms with E-state index in [1.165, 1.54) is 16.9 Å². The molecule has 0 fully saturated rings. The van der Waals surface area contributed by atoms with Gasteiger partial charge in [-0.1, -0.05) is 30.3 Å². The van der Waals surface area contributed by atoms with Crippen LogP contribution < -0.4 is 5.73 Å². The lowest BCUT2D eigenvalue weighted by molar-refractivity contribution is 0.0747. The Bertz CT molecular complexity index is 614. The number of fused-ring (bicyclic) bond motifs is 1. The van der Waals surface area contributed by atoms with Crippen LogP contribution in [-0.4, -0.2) is 23.9 Å². The molecule has 3 nitrogen and oxygen atoms in total. The number of benzene rings is 1. The third-order valence-electron chi connectivity index (χ3n) is 4.09. The van der Waals surface area contributed by atoms with E-state index >= 15 is 0 Å². The first-order valence-corrected chi connectivity index (χ1v) is 8.74. The molecule has 0 saturated heterocycles. The molecule has 1 aliphatic rings. The number of nitrogens with zero attached hydrogens (tertiary/aromatic N) is 1. The molecule has 0 atom stereocenters. The van der Waals surface area contributed by atoms with Gasteiger partial charge in [-0.2, -0.15) is 0 Å². The monoisotopic (exact) mass is 314 g/mol. The van der Waals surface area contributed by atoms with E-state index in [1.807, 2.05) is 23.1 Å². The number of carbonyl (C=O) groups is 1. The molecule has 2 aromatic rings. The van der Waals surface area contributed by atoms with Crippen molar-refractivity contribution in [2.45, 2.75) is 32.2 Å². The highest BCUT2D eigenvalue weighted by Gasteiger charge is 2.22. The first-order valence-electron chi connectivity index (χ1n) is 7.93. The highest BCUT2D eigenvalue weighted by molar-refractivity contribution is 7.14. The zero-order chi connectivity index (χ0) is 15.4. The maximum atomic E-state index is 12.9. The standard InChI is InChI=1S/C18H22N2OS/c19-10-5-11-20(13-14-6-2-1-3-7-14)18(21)17-12-15-8-4-9-16(15)22-17/h1-3,6-7,12H,4-5,8-11,13,19H2. The minimum Gasteiger partial charge on any atom is -0.334 e. The molecule has 1 aliphatic carbocycles. The zero-order valence-electron chi connectivity index (χ0n) is 12.8. The molecular formula is C18H22N2OS. The van der Waals surface area contributed by atoms with Crippen LogP contribution in [0.15, 0.2) is 36.4 Å². The van der Waals surface area contributed by atoms with Gasteiger partial charge in [0.1, 0.15) is 0 Å². The van der Waals surface area contributed by atoms with E-state index < -0.39 is 0 Å². The number of amides is 1. The number of hydrogen-bond donors (Lipinski definition) is 1. The molecule has 4 heteroatoms. The topological polar surface area (TPSA) is 46.3 Å². The van der Waals surface area contributed by atoms with Crippen molar-refractivity contribution in [1.82, 2.24) is 4.90 Å². The van der Waals surface area contributed by atoms with Gasteiger partial charge < -0.3 is 10.6 Å². The lowest BCUT2D eigenvalue weighted by atomic mass is 10.2.